The van der Waals surface area contributed by atoms with Gasteiger partial charge in [0.05, 0.1) is 15.6 Å². The van der Waals surface area contributed by atoms with Crippen LogP contribution in [0.4, 0.5) is 5.69 Å². The average Bonchev–Trinajstić information content (AvgIpc) is 2.68. The molecule has 1 amide bonds. The lowest BCUT2D eigenvalue weighted by atomic mass is 9.68. The van der Waals surface area contributed by atoms with Crippen molar-refractivity contribution in [2.45, 2.75) is 32.6 Å². The number of hydrogen-bond donors (Lipinski definition) is 2. The highest BCUT2D eigenvalue weighted by atomic mass is 35.5. The van der Waals surface area contributed by atoms with Gasteiger partial charge < -0.3 is 11.5 Å². The first-order valence-corrected chi connectivity index (χ1v) is 11.2. The molecule has 1 unspecified atom stereocenters. The van der Waals surface area contributed by atoms with E-state index in [2.05, 4.69) is 0 Å². The predicted octanol–water partition coefficient (Wildman–Crippen LogP) is 5.55. The molecule has 1 atom stereocenters. The van der Waals surface area contributed by atoms with Crippen LogP contribution in [-0.2, 0) is 9.59 Å². The molecule has 0 aromatic heterocycles. The third kappa shape index (κ3) is 3.90. The van der Waals surface area contributed by atoms with Gasteiger partial charge in [0.25, 0.3) is 0 Å². The first kappa shape index (κ1) is 22.7. The molecule has 1 aliphatic carbocycles. The summed E-state index contributed by atoms with van der Waals surface area (Å²) in [4.78, 5) is 27.9. The maximum Gasteiger partial charge on any atom is 0.249 e. The molecule has 32 heavy (non-hydrogen) atoms. The number of ketones is 1. The van der Waals surface area contributed by atoms with E-state index in [0.717, 1.165) is 5.70 Å². The first-order valence-electron chi connectivity index (χ1n) is 10.1. The van der Waals surface area contributed by atoms with Gasteiger partial charge >= 0.3 is 0 Å². The fraction of sp³-hybridized carbons (Fsp3) is 0.250. The van der Waals surface area contributed by atoms with Crippen molar-refractivity contribution in [1.29, 1.82) is 0 Å². The van der Waals surface area contributed by atoms with E-state index in [9.17, 15) is 9.59 Å². The third-order valence-corrected chi connectivity index (χ3v) is 6.84. The zero-order chi connectivity index (χ0) is 23.4. The molecule has 0 saturated heterocycles. The van der Waals surface area contributed by atoms with Crippen LogP contribution in [0.2, 0.25) is 15.1 Å². The number of allylic oxidation sites excluding steroid dienone is 2. The van der Waals surface area contributed by atoms with Crippen molar-refractivity contribution < 1.29 is 9.59 Å². The first-order chi connectivity index (χ1) is 15.0. The van der Waals surface area contributed by atoms with Gasteiger partial charge in [-0.3, -0.25) is 14.5 Å². The van der Waals surface area contributed by atoms with Crippen LogP contribution >= 0.6 is 34.8 Å². The van der Waals surface area contributed by atoms with Gasteiger partial charge in [-0.15, -0.1) is 0 Å². The maximum absolute atomic E-state index is 13.5. The van der Waals surface area contributed by atoms with Gasteiger partial charge in [-0.05, 0) is 47.7 Å². The largest absolute Gasteiger partial charge is 0.384 e. The van der Waals surface area contributed by atoms with E-state index < -0.39 is 11.8 Å². The Balaban J connectivity index is 2.04. The standard InChI is InChI=1S/C24H22Cl3N3O2/c1-24(2)10-17-20(18(31)11-24)19(12-4-3-5-13(25)8-12)21(23(29)32)22(28)30(17)14-6-7-15(26)16(27)9-14/h3-9,19H,10-11,28H2,1-2H3,(H2,29,32). The van der Waals surface area contributed by atoms with E-state index in [1.54, 1.807) is 41.3 Å². The lowest BCUT2D eigenvalue weighted by molar-refractivity contribution is -0.118. The number of Topliss-reactive ketones (excluding diaryl/α,β-unsaturated/α-hetero) is 1. The fourth-order valence-corrected chi connectivity index (χ4v) is 5.09. The molecule has 2 aromatic carbocycles. The van der Waals surface area contributed by atoms with Crippen LogP contribution in [0, 0.1) is 5.41 Å². The van der Waals surface area contributed by atoms with Crippen molar-refractivity contribution in [2.75, 3.05) is 4.90 Å². The minimum absolute atomic E-state index is 0.0578. The van der Waals surface area contributed by atoms with Crippen molar-refractivity contribution in [1.82, 2.24) is 0 Å². The molecule has 0 radical (unpaired) electrons. The van der Waals surface area contributed by atoms with Gasteiger partial charge in [0.2, 0.25) is 5.91 Å². The molecule has 0 spiro atoms. The summed E-state index contributed by atoms with van der Waals surface area (Å²) in [6.07, 6.45) is 0.905. The molecule has 0 saturated carbocycles. The minimum atomic E-state index is -0.707. The number of amides is 1. The van der Waals surface area contributed by atoms with E-state index >= 15 is 0 Å². The highest BCUT2D eigenvalue weighted by molar-refractivity contribution is 6.42. The summed E-state index contributed by atoms with van der Waals surface area (Å²) < 4.78 is 0. The van der Waals surface area contributed by atoms with E-state index in [1.807, 2.05) is 19.9 Å². The van der Waals surface area contributed by atoms with E-state index in [0.29, 0.717) is 44.7 Å². The molecule has 5 nitrogen and oxygen atoms in total. The second-order valence-corrected chi connectivity index (χ2v) is 10.1. The Morgan fingerprint density at radius 1 is 1.06 bits per heavy atom. The molecule has 4 rings (SSSR count). The predicted molar refractivity (Wildman–Crippen MR) is 129 cm³/mol. The second kappa shape index (κ2) is 8.14. The zero-order valence-electron chi connectivity index (χ0n) is 17.6. The average molecular weight is 491 g/mol. The SMILES string of the molecule is CC1(C)CC(=O)C2=C(C1)N(c1ccc(Cl)c(Cl)c1)C(N)=C(C(N)=O)C2c1cccc(Cl)c1. The van der Waals surface area contributed by atoms with Crippen LogP contribution in [-0.4, -0.2) is 11.7 Å². The summed E-state index contributed by atoms with van der Waals surface area (Å²) in [7, 11) is 0. The minimum Gasteiger partial charge on any atom is -0.384 e. The van der Waals surface area contributed by atoms with Crippen molar-refractivity contribution in [2.24, 2.45) is 16.9 Å². The molecule has 1 heterocycles. The normalized spacial score (nSPS) is 20.5. The van der Waals surface area contributed by atoms with Crippen LogP contribution in [0.5, 0.6) is 0 Å². The smallest absolute Gasteiger partial charge is 0.249 e. The van der Waals surface area contributed by atoms with Crippen LogP contribution in [0.1, 0.15) is 38.2 Å². The van der Waals surface area contributed by atoms with Crippen molar-refractivity contribution in [3.63, 3.8) is 0 Å². The molecule has 2 aromatic rings. The summed E-state index contributed by atoms with van der Waals surface area (Å²) in [5.41, 5.74) is 14.8. The topological polar surface area (TPSA) is 89.4 Å². The molecule has 166 valence electrons. The quantitative estimate of drug-likeness (QED) is 0.590. The Labute approximate surface area is 201 Å². The van der Waals surface area contributed by atoms with Crippen molar-refractivity contribution in [3.8, 4) is 0 Å². The number of carbonyl (C=O) groups is 2. The van der Waals surface area contributed by atoms with Crippen LogP contribution in [0.25, 0.3) is 0 Å². The van der Waals surface area contributed by atoms with Gasteiger partial charge in [0.15, 0.2) is 5.78 Å². The van der Waals surface area contributed by atoms with Crippen molar-refractivity contribution in [3.05, 3.63) is 85.8 Å². The van der Waals surface area contributed by atoms with E-state index in [4.69, 9.17) is 46.3 Å². The molecule has 4 N–H and O–H groups in total. The molecule has 2 aliphatic rings. The fourth-order valence-electron chi connectivity index (χ4n) is 4.59. The third-order valence-electron chi connectivity index (χ3n) is 5.87. The van der Waals surface area contributed by atoms with Gasteiger partial charge in [-0.1, -0.05) is 60.8 Å². The van der Waals surface area contributed by atoms with Crippen LogP contribution < -0.4 is 16.4 Å². The summed E-state index contributed by atoms with van der Waals surface area (Å²) in [5.74, 6) is -1.31. The summed E-state index contributed by atoms with van der Waals surface area (Å²) in [6.45, 7) is 4.05. The summed E-state index contributed by atoms with van der Waals surface area (Å²) >= 11 is 18.6. The van der Waals surface area contributed by atoms with Gasteiger partial charge in [0.1, 0.15) is 5.82 Å². The lowest BCUT2D eigenvalue weighted by Gasteiger charge is -2.44. The number of anilines is 1. The number of carbonyl (C=O) groups excluding carboxylic acids is 2. The molecular formula is C24H22Cl3N3O2. The van der Waals surface area contributed by atoms with Gasteiger partial charge in [-0.2, -0.15) is 0 Å². The highest BCUT2D eigenvalue weighted by Crippen LogP contribution is 2.50. The monoisotopic (exact) mass is 489 g/mol. The van der Waals surface area contributed by atoms with Gasteiger partial charge in [-0.25, -0.2) is 0 Å². The van der Waals surface area contributed by atoms with Crippen LogP contribution in [0.3, 0.4) is 0 Å². The second-order valence-electron chi connectivity index (χ2n) is 8.89. The number of rotatable bonds is 3. The number of hydrogen-bond acceptors (Lipinski definition) is 4. The maximum atomic E-state index is 13.5. The van der Waals surface area contributed by atoms with Gasteiger partial charge in [0, 0.05) is 34.3 Å². The van der Waals surface area contributed by atoms with Crippen molar-refractivity contribution >= 4 is 52.2 Å². The number of primary amides is 1. The highest BCUT2D eigenvalue weighted by Gasteiger charge is 2.45. The number of benzene rings is 2. The summed E-state index contributed by atoms with van der Waals surface area (Å²) in [5, 5.41) is 1.21. The lowest BCUT2D eigenvalue weighted by Crippen LogP contribution is -2.44. The number of halogens is 3. The Kier molecular flexibility index (Phi) is 5.78. The Hall–Kier alpha value is -2.47. The Morgan fingerprint density at radius 2 is 1.78 bits per heavy atom. The molecule has 0 fully saturated rings. The summed E-state index contributed by atoms with van der Waals surface area (Å²) in [6, 6.07) is 12.1. The molecule has 1 aliphatic heterocycles. The molecule has 8 heteroatoms. The van der Waals surface area contributed by atoms with Crippen LogP contribution in [0.15, 0.2) is 65.1 Å². The Bertz CT molecular complexity index is 1220. The molecule has 0 bridgehead atoms. The number of nitrogens with zero attached hydrogens (tertiary/aromatic N) is 1. The van der Waals surface area contributed by atoms with E-state index in [-0.39, 0.29) is 22.6 Å². The van der Waals surface area contributed by atoms with E-state index in [1.165, 1.54) is 0 Å². The number of nitrogens with two attached hydrogens (primary N) is 2. The zero-order valence-corrected chi connectivity index (χ0v) is 19.9. The molecular weight excluding hydrogens is 469 g/mol. The Morgan fingerprint density at radius 3 is 2.41 bits per heavy atom.